The molecule has 2 aromatic carbocycles. The third-order valence-electron chi connectivity index (χ3n) is 6.91. The maximum atomic E-state index is 13.6. The zero-order chi connectivity index (χ0) is 27.6. The lowest BCUT2D eigenvalue weighted by molar-refractivity contribution is 0.0722. The van der Waals surface area contributed by atoms with Gasteiger partial charge in [0.2, 0.25) is 8.32 Å². The Hall–Kier alpha value is -2.27. The van der Waals surface area contributed by atoms with E-state index in [1.807, 2.05) is 42.5 Å². The van der Waals surface area contributed by atoms with E-state index in [4.69, 9.17) is 13.9 Å². The molecule has 0 N–H and O–H groups in total. The molecule has 0 atom stereocenters. The van der Waals surface area contributed by atoms with E-state index in [0.717, 1.165) is 49.3 Å². The number of carbonyl (C=O) groups excluding carboxylic acids is 1. The molecule has 5 heteroatoms. The lowest BCUT2D eigenvalue weighted by Gasteiger charge is -2.25. The SMILES string of the molecule is CCCCCCCCCCOc1ccc(C(=O)O[Si](C)(C)CCCC)c(-c2ccccc2)c1OCCCC. The van der Waals surface area contributed by atoms with Crippen molar-refractivity contribution in [1.82, 2.24) is 0 Å². The molecule has 4 nitrogen and oxygen atoms in total. The van der Waals surface area contributed by atoms with Crippen LogP contribution in [0.4, 0.5) is 0 Å². The summed E-state index contributed by atoms with van der Waals surface area (Å²) in [5.41, 5.74) is 2.27. The highest BCUT2D eigenvalue weighted by Gasteiger charge is 2.30. The Morgan fingerprint density at radius 3 is 1.95 bits per heavy atom. The first-order valence-electron chi connectivity index (χ1n) is 15.1. The van der Waals surface area contributed by atoms with E-state index in [1.165, 1.54) is 44.9 Å². The lowest BCUT2D eigenvalue weighted by atomic mass is 9.98. The maximum Gasteiger partial charge on any atom is 0.325 e. The molecule has 0 amide bonds. The topological polar surface area (TPSA) is 44.8 Å². The zero-order valence-electron chi connectivity index (χ0n) is 24.8. The first-order valence-corrected chi connectivity index (χ1v) is 18.3. The van der Waals surface area contributed by atoms with Gasteiger partial charge in [0.15, 0.2) is 11.5 Å². The Kier molecular flexibility index (Phi) is 15.2. The molecule has 2 rings (SSSR count). The number of rotatable bonds is 20. The van der Waals surface area contributed by atoms with Gasteiger partial charge in [0.1, 0.15) is 0 Å². The second-order valence-corrected chi connectivity index (χ2v) is 15.2. The maximum absolute atomic E-state index is 13.6. The van der Waals surface area contributed by atoms with Crippen LogP contribution in [0.15, 0.2) is 42.5 Å². The summed E-state index contributed by atoms with van der Waals surface area (Å²) in [6, 6.07) is 14.8. The number of carbonyl (C=O) groups is 1. The van der Waals surface area contributed by atoms with Crippen LogP contribution in [-0.2, 0) is 4.43 Å². The largest absolute Gasteiger partial charge is 0.516 e. The van der Waals surface area contributed by atoms with Crippen molar-refractivity contribution in [3.8, 4) is 22.6 Å². The van der Waals surface area contributed by atoms with Crippen LogP contribution in [0.3, 0.4) is 0 Å². The standard InChI is InChI=1S/C33H52O4Si/c1-6-9-12-13-14-15-16-20-26-35-30-24-23-29(33(34)37-38(4,5)27-11-8-3)31(28-21-18-17-19-22-28)32(30)36-25-10-7-2/h17-19,21-24H,6-16,20,25-27H2,1-5H3. The van der Waals surface area contributed by atoms with Gasteiger partial charge in [0.25, 0.3) is 0 Å². The van der Waals surface area contributed by atoms with Gasteiger partial charge in [-0.25, -0.2) is 4.79 Å². The zero-order valence-corrected chi connectivity index (χ0v) is 25.8. The van der Waals surface area contributed by atoms with Crippen LogP contribution in [0.1, 0.15) is 108 Å². The summed E-state index contributed by atoms with van der Waals surface area (Å²) < 4.78 is 18.8. The lowest BCUT2D eigenvalue weighted by Crippen LogP contribution is -2.33. The van der Waals surface area contributed by atoms with Gasteiger partial charge in [0, 0.05) is 5.56 Å². The normalized spacial score (nSPS) is 11.4. The van der Waals surface area contributed by atoms with Crippen LogP contribution >= 0.6 is 0 Å². The molecule has 0 heterocycles. The quantitative estimate of drug-likeness (QED) is 0.124. The molecule has 0 aromatic heterocycles. The van der Waals surface area contributed by atoms with E-state index < -0.39 is 8.32 Å². The van der Waals surface area contributed by atoms with Gasteiger partial charge in [-0.15, -0.1) is 0 Å². The summed E-state index contributed by atoms with van der Waals surface area (Å²) in [6.07, 6.45) is 14.2. The summed E-state index contributed by atoms with van der Waals surface area (Å²) in [7, 11) is -2.12. The van der Waals surface area contributed by atoms with Crippen molar-refractivity contribution >= 4 is 14.3 Å². The van der Waals surface area contributed by atoms with E-state index in [-0.39, 0.29) is 5.97 Å². The predicted octanol–water partition coefficient (Wildman–Crippen LogP) is 10.2. The molecule has 0 saturated heterocycles. The van der Waals surface area contributed by atoms with Crippen LogP contribution in [-0.4, -0.2) is 27.5 Å². The Bertz CT molecular complexity index is 926. The van der Waals surface area contributed by atoms with Gasteiger partial charge in [0.05, 0.1) is 18.8 Å². The van der Waals surface area contributed by atoms with E-state index in [0.29, 0.717) is 30.3 Å². The molecule has 0 saturated carbocycles. The highest BCUT2D eigenvalue weighted by molar-refractivity contribution is 6.72. The Morgan fingerprint density at radius 1 is 0.684 bits per heavy atom. The first kappa shape index (κ1) is 31.9. The number of hydrogen-bond acceptors (Lipinski definition) is 4. The minimum Gasteiger partial charge on any atom is -0.516 e. The Morgan fingerprint density at radius 2 is 1.29 bits per heavy atom. The van der Waals surface area contributed by atoms with Crippen molar-refractivity contribution in [3.05, 3.63) is 48.0 Å². The fraction of sp³-hybridized carbons (Fsp3) is 0.606. The summed E-state index contributed by atoms with van der Waals surface area (Å²) in [5, 5.41) is 0. The summed E-state index contributed by atoms with van der Waals surface area (Å²) in [5.74, 6) is 1.11. The molecule has 38 heavy (non-hydrogen) atoms. The van der Waals surface area contributed by atoms with Crippen molar-refractivity contribution in [2.24, 2.45) is 0 Å². The van der Waals surface area contributed by atoms with E-state index in [9.17, 15) is 4.79 Å². The highest BCUT2D eigenvalue weighted by atomic mass is 28.4. The summed E-state index contributed by atoms with van der Waals surface area (Å²) in [4.78, 5) is 13.6. The van der Waals surface area contributed by atoms with Gasteiger partial charge >= 0.3 is 5.97 Å². The van der Waals surface area contributed by atoms with Crippen LogP contribution in [0.2, 0.25) is 19.1 Å². The fourth-order valence-corrected chi connectivity index (χ4v) is 6.50. The predicted molar refractivity (Wildman–Crippen MR) is 163 cm³/mol. The third-order valence-corrected chi connectivity index (χ3v) is 9.20. The van der Waals surface area contributed by atoms with Crippen LogP contribution in [0.25, 0.3) is 11.1 Å². The van der Waals surface area contributed by atoms with E-state index in [1.54, 1.807) is 0 Å². The number of hydrogen-bond donors (Lipinski definition) is 0. The molecule has 0 spiro atoms. The van der Waals surface area contributed by atoms with Crippen molar-refractivity contribution in [2.45, 2.75) is 117 Å². The highest BCUT2D eigenvalue weighted by Crippen LogP contribution is 2.42. The van der Waals surface area contributed by atoms with Crippen LogP contribution < -0.4 is 9.47 Å². The summed E-state index contributed by atoms with van der Waals surface area (Å²) >= 11 is 0. The Balaban J connectivity index is 2.26. The van der Waals surface area contributed by atoms with Crippen LogP contribution in [0, 0.1) is 0 Å². The van der Waals surface area contributed by atoms with Crippen molar-refractivity contribution in [1.29, 1.82) is 0 Å². The number of unbranched alkanes of at least 4 members (excludes halogenated alkanes) is 9. The molecule has 0 bridgehead atoms. The monoisotopic (exact) mass is 540 g/mol. The molecular weight excluding hydrogens is 488 g/mol. The Labute approximate surface area is 233 Å². The average Bonchev–Trinajstić information content (AvgIpc) is 2.91. The van der Waals surface area contributed by atoms with E-state index in [2.05, 4.69) is 33.9 Å². The average molecular weight is 541 g/mol. The molecule has 0 aliphatic heterocycles. The molecule has 0 fully saturated rings. The van der Waals surface area contributed by atoms with E-state index >= 15 is 0 Å². The molecule has 212 valence electrons. The molecular formula is C33H52O4Si. The molecule has 0 aliphatic carbocycles. The molecule has 2 aromatic rings. The minimum atomic E-state index is -2.12. The van der Waals surface area contributed by atoms with Crippen molar-refractivity contribution in [3.63, 3.8) is 0 Å². The fourth-order valence-electron chi connectivity index (χ4n) is 4.58. The number of benzene rings is 2. The minimum absolute atomic E-state index is 0.258. The van der Waals surface area contributed by atoms with Gasteiger partial charge in [-0.2, -0.15) is 0 Å². The molecule has 0 aliphatic rings. The summed E-state index contributed by atoms with van der Waals surface area (Å²) in [6.45, 7) is 12.1. The molecule has 0 unspecified atom stereocenters. The third kappa shape index (κ3) is 11.2. The second-order valence-electron chi connectivity index (χ2n) is 11.0. The van der Waals surface area contributed by atoms with Crippen LogP contribution in [0.5, 0.6) is 11.5 Å². The van der Waals surface area contributed by atoms with Gasteiger partial charge in [-0.1, -0.05) is 115 Å². The smallest absolute Gasteiger partial charge is 0.325 e. The van der Waals surface area contributed by atoms with Gasteiger partial charge < -0.3 is 13.9 Å². The van der Waals surface area contributed by atoms with Gasteiger partial charge in [-0.05, 0) is 49.7 Å². The number of ether oxygens (including phenoxy) is 2. The second kappa shape index (κ2) is 18.1. The van der Waals surface area contributed by atoms with Gasteiger partial charge in [-0.3, -0.25) is 0 Å². The van der Waals surface area contributed by atoms with Crippen molar-refractivity contribution < 1.29 is 18.7 Å². The first-order chi connectivity index (χ1) is 18.4. The van der Waals surface area contributed by atoms with Crippen molar-refractivity contribution in [2.75, 3.05) is 13.2 Å². The molecule has 0 radical (unpaired) electrons.